The normalized spacial score (nSPS) is 10.9. The Morgan fingerprint density at radius 3 is 2.77 bits per heavy atom. The van der Waals surface area contributed by atoms with Crippen LogP contribution in [0.3, 0.4) is 0 Å². The summed E-state index contributed by atoms with van der Waals surface area (Å²) in [6.45, 7) is 1.76. The van der Waals surface area contributed by atoms with Crippen molar-refractivity contribution in [1.29, 1.82) is 0 Å². The Balaban J connectivity index is 1.99. The highest BCUT2D eigenvalue weighted by Gasteiger charge is 2.20. The molecular formula is C16H10BrClFNO2. The van der Waals surface area contributed by atoms with Gasteiger partial charge in [-0.05, 0) is 31.2 Å². The molecule has 0 spiro atoms. The second-order valence-electron chi connectivity index (χ2n) is 4.75. The Morgan fingerprint density at radius 2 is 2.09 bits per heavy atom. The minimum absolute atomic E-state index is 0.0825. The van der Waals surface area contributed by atoms with E-state index in [0.717, 1.165) is 5.39 Å². The maximum absolute atomic E-state index is 13.8. The molecular weight excluding hydrogens is 373 g/mol. The molecule has 0 aliphatic rings. The number of para-hydroxylation sites is 1. The van der Waals surface area contributed by atoms with E-state index in [-0.39, 0.29) is 11.4 Å². The lowest BCUT2D eigenvalue weighted by Crippen LogP contribution is -2.13. The van der Waals surface area contributed by atoms with Crippen LogP contribution in [0.4, 0.5) is 10.1 Å². The van der Waals surface area contributed by atoms with Gasteiger partial charge in [0.15, 0.2) is 11.3 Å². The molecule has 1 heterocycles. The molecule has 0 bridgehead atoms. The number of halogens is 3. The summed E-state index contributed by atoms with van der Waals surface area (Å²) in [4.78, 5) is 12.3. The van der Waals surface area contributed by atoms with Crippen molar-refractivity contribution in [3.63, 3.8) is 0 Å². The van der Waals surface area contributed by atoms with Gasteiger partial charge < -0.3 is 9.73 Å². The van der Waals surface area contributed by atoms with E-state index >= 15 is 0 Å². The van der Waals surface area contributed by atoms with Crippen LogP contribution in [-0.4, -0.2) is 5.91 Å². The Bertz CT molecular complexity index is 891. The van der Waals surface area contributed by atoms with E-state index in [1.165, 1.54) is 12.1 Å². The van der Waals surface area contributed by atoms with E-state index in [2.05, 4.69) is 21.2 Å². The third-order valence-electron chi connectivity index (χ3n) is 3.30. The Labute approximate surface area is 139 Å². The number of anilines is 1. The van der Waals surface area contributed by atoms with Crippen molar-refractivity contribution in [2.45, 2.75) is 6.92 Å². The van der Waals surface area contributed by atoms with E-state index in [1.807, 2.05) is 6.07 Å². The fourth-order valence-electron chi connectivity index (χ4n) is 2.20. The SMILES string of the molecule is Cc1c(C(=O)Nc2ccc(Br)cc2F)oc2c(Cl)cccc12. The molecule has 1 aromatic heterocycles. The van der Waals surface area contributed by atoms with Crippen molar-refractivity contribution in [1.82, 2.24) is 0 Å². The number of furan rings is 1. The average molecular weight is 383 g/mol. The fourth-order valence-corrected chi connectivity index (χ4v) is 2.74. The molecule has 6 heteroatoms. The Morgan fingerprint density at radius 1 is 1.32 bits per heavy atom. The summed E-state index contributed by atoms with van der Waals surface area (Å²) in [5.41, 5.74) is 1.19. The van der Waals surface area contributed by atoms with Crippen molar-refractivity contribution >= 4 is 50.1 Å². The summed E-state index contributed by atoms with van der Waals surface area (Å²) >= 11 is 9.22. The van der Waals surface area contributed by atoms with Gasteiger partial charge in [-0.1, -0.05) is 39.7 Å². The molecule has 0 saturated carbocycles. The standard InChI is InChI=1S/C16H10BrClFNO2/c1-8-10-3-2-4-11(18)15(10)22-14(8)16(21)20-13-6-5-9(17)7-12(13)19/h2-7H,1H3,(H,20,21). The van der Waals surface area contributed by atoms with Crippen molar-refractivity contribution in [2.24, 2.45) is 0 Å². The number of aryl methyl sites for hydroxylation is 1. The molecule has 0 aliphatic carbocycles. The van der Waals surface area contributed by atoms with Crippen molar-refractivity contribution in [3.05, 3.63) is 63.0 Å². The van der Waals surface area contributed by atoms with Crippen molar-refractivity contribution in [2.75, 3.05) is 5.32 Å². The van der Waals surface area contributed by atoms with Crippen LogP contribution in [0.2, 0.25) is 5.02 Å². The number of hydrogen-bond donors (Lipinski definition) is 1. The first-order chi connectivity index (χ1) is 10.5. The number of carbonyl (C=O) groups excluding carboxylic acids is 1. The zero-order valence-corrected chi connectivity index (χ0v) is 13.8. The summed E-state index contributed by atoms with van der Waals surface area (Å²) < 4.78 is 19.9. The van der Waals surface area contributed by atoms with Crippen LogP contribution in [-0.2, 0) is 0 Å². The van der Waals surface area contributed by atoms with Gasteiger partial charge in [0.25, 0.3) is 5.91 Å². The second-order valence-corrected chi connectivity index (χ2v) is 6.07. The van der Waals surface area contributed by atoms with Crippen molar-refractivity contribution in [3.8, 4) is 0 Å². The van der Waals surface area contributed by atoms with Crippen LogP contribution in [0.5, 0.6) is 0 Å². The van der Waals surface area contributed by atoms with Gasteiger partial charge in [0.2, 0.25) is 0 Å². The molecule has 3 nitrogen and oxygen atoms in total. The van der Waals surface area contributed by atoms with Gasteiger partial charge in [0, 0.05) is 15.4 Å². The molecule has 1 N–H and O–H groups in total. The average Bonchev–Trinajstić information content (AvgIpc) is 2.81. The molecule has 0 aliphatic heterocycles. The molecule has 0 fully saturated rings. The number of carbonyl (C=O) groups is 1. The molecule has 22 heavy (non-hydrogen) atoms. The summed E-state index contributed by atoms with van der Waals surface area (Å²) in [7, 11) is 0. The van der Waals surface area contributed by atoms with Crippen LogP contribution in [0.15, 0.2) is 45.3 Å². The highest BCUT2D eigenvalue weighted by molar-refractivity contribution is 9.10. The third kappa shape index (κ3) is 2.62. The highest BCUT2D eigenvalue weighted by atomic mass is 79.9. The zero-order chi connectivity index (χ0) is 15.9. The number of amides is 1. The monoisotopic (exact) mass is 381 g/mol. The van der Waals surface area contributed by atoms with E-state index in [1.54, 1.807) is 25.1 Å². The van der Waals surface area contributed by atoms with Gasteiger partial charge in [0.05, 0.1) is 10.7 Å². The number of benzene rings is 2. The van der Waals surface area contributed by atoms with Gasteiger partial charge in [-0.2, -0.15) is 0 Å². The molecule has 0 saturated heterocycles. The highest BCUT2D eigenvalue weighted by Crippen LogP contribution is 2.31. The van der Waals surface area contributed by atoms with E-state index in [4.69, 9.17) is 16.0 Å². The molecule has 2 aromatic carbocycles. The second kappa shape index (κ2) is 5.74. The number of nitrogens with one attached hydrogen (secondary N) is 1. The number of fused-ring (bicyclic) bond motifs is 1. The minimum Gasteiger partial charge on any atom is -0.449 e. The largest absolute Gasteiger partial charge is 0.449 e. The van der Waals surface area contributed by atoms with Crippen molar-refractivity contribution < 1.29 is 13.6 Å². The quantitative estimate of drug-likeness (QED) is 0.631. The molecule has 3 aromatic rings. The van der Waals surface area contributed by atoms with E-state index in [0.29, 0.717) is 20.6 Å². The summed E-state index contributed by atoms with van der Waals surface area (Å²) in [6, 6.07) is 9.67. The fraction of sp³-hybridized carbons (Fsp3) is 0.0625. The minimum atomic E-state index is -0.533. The molecule has 112 valence electrons. The van der Waals surface area contributed by atoms with Crippen LogP contribution in [0.1, 0.15) is 16.1 Å². The lowest BCUT2D eigenvalue weighted by atomic mass is 10.1. The summed E-state index contributed by atoms with van der Waals surface area (Å²) in [5.74, 6) is -0.939. The smallest absolute Gasteiger partial charge is 0.291 e. The lowest BCUT2D eigenvalue weighted by Gasteiger charge is -2.05. The lowest BCUT2D eigenvalue weighted by molar-refractivity contribution is 0.0997. The predicted molar refractivity (Wildman–Crippen MR) is 88.0 cm³/mol. The Kier molecular flexibility index (Phi) is 3.93. The molecule has 0 atom stereocenters. The number of hydrogen-bond acceptors (Lipinski definition) is 2. The first kappa shape index (κ1) is 15.1. The molecule has 1 amide bonds. The maximum Gasteiger partial charge on any atom is 0.291 e. The summed E-state index contributed by atoms with van der Waals surface area (Å²) in [5, 5.41) is 3.69. The zero-order valence-electron chi connectivity index (χ0n) is 11.4. The van der Waals surface area contributed by atoms with Crippen LogP contribution in [0, 0.1) is 12.7 Å². The van der Waals surface area contributed by atoms with E-state index < -0.39 is 11.7 Å². The first-order valence-electron chi connectivity index (χ1n) is 6.41. The predicted octanol–water partition coefficient (Wildman–Crippen LogP) is 5.55. The molecule has 0 radical (unpaired) electrons. The van der Waals surface area contributed by atoms with Gasteiger partial charge >= 0.3 is 0 Å². The topological polar surface area (TPSA) is 42.2 Å². The van der Waals surface area contributed by atoms with Crippen LogP contribution < -0.4 is 5.32 Å². The van der Waals surface area contributed by atoms with Crippen LogP contribution in [0.25, 0.3) is 11.0 Å². The van der Waals surface area contributed by atoms with Gasteiger partial charge in [-0.3, -0.25) is 4.79 Å². The van der Waals surface area contributed by atoms with Crippen LogP contribution >= 0.6 is 27.5 Å². The first-order valence-corrected chi connectivity index (χ1v) is 7.58. The van der Waals surface area contributed by atoms with E-state index in [9.17, 15) is 9.18 Å². The summed E-state index contributed by atoms with van der Waals surface area (Å²) in [6.07, 6.45) is 0. The molecule has 0 unspecified atom stereocenters. The van der Waals surface area contributed by atoms with Gasteiger partial charge in [-0.25, -0.2) is 4.39 Å². The maximum atomic E-state index is 13.8. The Hall–Kier alpha value is -1.85. The van der Waals surface area contributed by atoms with Gasteiger partial charge in [-0.15, -0.1) is 0 Å². The number of rotatable bonds is 2. The molecule has 3 rings (SSSR count). The van der Waals surface area contributed by atoms with Gasteiger partial charge in [0.1, 0.15) is 5.82 Å². The third-order valence-corrected chi connectivity index (χ3v) is 4.09.